The Morgan fingerprint density at radius 3 is 2.38 bits per heavy atom. The Balaban J connectivity index is 3.00. The minimum absolute atomic E-state index is 0.281. The van der Waals surface area contributed by atoms with E-state index in [4.69, 9.17) is 5.73 Å². The third-order valence-corrected chi connectivity index (χ3v) is 3.09. The Morgan fingerprint density at radius 2 is 1.88 bits per heavy atom. The maximum absolute atomic E-state index is 5.87. The van der Waals surface area contributed by atoms with Gasteiger partial charge in [0.1, 0.15) is 0 Å². The number of hydrogen-bond donors (Lipinski definition) is 1. The molecule has 0 atom stereocenters. The van der Waals surface area contributed by atoms with Crippen molar-refractivity contribution in [3.63, 3.8) is 0 Å². The summed E-state index contributed by atoms with van der Waals surface area (Å²) in [6, 6.07) is 4.11. The molecule has 0 amide bonds. The van der Waals surface area contributed by atoms with Crippen LogP contribution in [0.2, 0.25) is 0 Å². The highest BCUT2D eigenvalue weighted by molar-refractivity contribution is 9.10. The summed E-state index contributed by atoms with van der Waals surface area (Å²) in [6.45, 7) is 9.76. The van der Waals surface area contributed by atoms with Crippen LogP contribution >= 0.6 is 15.9 Å². The fourth-order valence-electron chi connectivity index (χ4n) is 1.77. The topological polar surface area (TPSA) is 29.3 Å². The number of benzene rings is 1. The van der Waals surface area contributed by atoms with Crippen molar-refractivity contribution >= 4 is 27.3 Å². The second kappa shape index (κ2) is 4.66. The summed E-state index contributed by atoms with van der Waals surface area (Å²) in [5.41, 5.74) is 9.30. The second-order valence-electron chi connectivity index (χ2n) is 5.58. The van der Waals surface area contributed by atoms with E-state index in [0.29, 0.717) is 0 Å². The summed E-state index contributed by atoms with van der Waals surface area (Å²) in [5.74, 6) is 0. The zero-order valence-corrected chi connectivity index (χ0v) is 12.4. The minimum atomic E-state index is 0.281. The fourth-order valence-corrected chi connectivity index (χ4v) is 2.43. The van der Waals surface area contributed by atoms with Crippen LogP contribution in [0.5, 0.6) is 0 Å². The number of nitrogens with zero attached hydrogens (tertiary/aromatic N) is 1. The van der Waals surface area contributed by atoms with Crippen molar-refractivity contribution < 1.29 is 0 Å². The summed E-state index contributed by atoms with van der Waals surface area (Å²) in [4.78, 5) is 2.26. The molecule has 0 bridgehead atoms. The van der Waals surface area contributed by atoms with Gasteiger partial charge >= 0.3 is 0 Å². The minimum Gasteiger partial charge on any atom is -0.398 e. The zero-order chi connectivity index (χ0) is 12.5. The van der Waals surface area contributed by atoms with E-state index >= 15 is 0 Å². The van der Waals surface area contributed by atoms with Gasteiger partial charge in [0.15, 0.2) is 0 Å². The summed E-state index contributed by atoms with van der Waals surface area (Å²) < 4.78 is 1.06. The van der Waals surface area contributed by atoms with Gasteiger partial charge in [-0.25, -0.2) is 0 Å². The Kier molecular flexibility index (Phi) is 3.89. The molecule has 0 aliphatic rings. The van der Waals surface area contributed by atoms with Gasteiger partial charge in [-0.05, 0) is 46.0 Å². The van der Waals surface area contributed by atoms with Gasteiger partial charge in [0, 0.05) is 23.8 Å². The van der Waals surface area contributed by atoms with Crippen molar-refractivity contribution in [1.82, 2.24) is 0 Å². The van der Waals surface area contributed by atoms with E-state index < -0.39 is 0 Å². The van der Waals surface area contributed by atoms with Crippen LogP contribution < -0.4 is 10.6 Å². The predicted molar refractivity (Wildman–Crippen MR) is 76.0 cm³/mol. The Bertz CT molecular complexity index is 380. The zero-order valence-electron chi connectivity index (χ0n) is 10.8. The first-order chi connectivity index (χ1) is 7.20. The lowest BCUT2D eigenvalue weighted by molar-refractivity contribution is 0.419. The normalized spacial score (nSPS) is 11.6. The van der Waals surface area contributed by atoms with E-state index in [9.17, 15) is 0 Å². The molecule has 90 valence electrons. The number of aryl methyl sites for hydroxylation is 1. The third-order valence-electron chi connectivity index (χ3n) is 2.46. The molecular weight excluding hydrogens is 264 g/mol. The standard InChI is InChI=1S/C13H21BrN2/c1-9-6-12(10(14)7-11(9)15)16(5)8-13(2,3)4/h6-7H,8,15H2,1-5H3. The van der Waals surface area contributed by atoms with Crippen molar-refractivity contribution in [2.45, 2.75) is 27.7 Å². The molecule has 3 heteroatoms. The van der Waals surface area contributed by atoms with Gasteiger partial charge in [0.05, 0.1) is 5.69 Å². The Morgan fingerprint density at radius 1 is 1.31 bits per heavy atom. The lowest BCUT2D eigenvalue weighted by atomic mass is 9.96. The van der Waals surface area contributed by atoms with Crippen LogP contribution in [0, 0.1) is 12.3 Å². The third kappa shape index (κ3) is 3.41. The molecule has 0 unspecified atom stereocenters. The highest BCUT2D eigenvalue weighted by atomic mass is 79.9. The molecule has 2 nitrogen and oxygen atoms in total. The lowest BCUT2D eigenvalue weighted by Crippen LogP contribution is -2.29. The number of hydrogen-bond acceptors (Lipinski definition) is 2. The van der Waals surface area contributed by atoms with E-state index in [1.54, 1.807) is 0 Å². The molecule has 16 heavy (non-hydrogen) atoms. The van der Waals surface area contributed by atoms with Crippen LogP contribution in [0.15, 0.2) is 16.6 Å². The molecule has 1 aromatic carbocycles. The molecule has 0 fully saturated rings. The largest absolute Gasteiger partial charge is 0.398 e. The van der Waals surface area contributed by atoms with Crippen molar-refractivity contribution in [3.8, 4) is 0 Å². The quantitative estimate of drug-likeness (QED) is 0.837. The van der Waals surface area contributed by atoms with Crippen molar-refractivity contribution in [2.24, 2.45) is 5.41 Å². The van der Waals surface area contributed by atoms with E-state index in [1.165, 1.54) is 5.69 Å². The number of rotatable bonds is 2. The summed E-state index contributed by atoms with van der Waals surface area (Å²) in [6.07, 6.45) is 0. The van der Waals surface area contributed by atoms with Gasteiger partial charge in [0.2, 0.25) is 0 Å². The average Bonchev–Trinajstić information content (AvgIpc) is 2.08. The molecule has 1 rings (SSSR count). The molecule has 0 aliphatic heterocycles. The van der Waals surface area contributed by atoms with Gasteiger partial charge in [-0.1, -0.05) is 20.8 Å². The van der Waals surface area contributed by atoms with Crippen LogP contribution in [0.1, 0.15) is 26.3 Å². The SMILES string of the molecule is Cc1cc(N(C)CC(C)(C)C)c(Br)cc1N. The van der Waals surface area contributed by atoms with Crippen molar-refractivity contribution in [3.05, 3.63) is 22.2 Å². The van der Waals surface area contributed by atoms with Gasteiger partial charge in [-0.15, -0.1) is 0 Å². The fraction of sp³-hybridized carbons (Fsp3) is 0.538. The number of anilines is 2. The van der Waals surface area contributed by atoms with Gasteiger partial charge in [-0.2, -0.15) is 0 Å². The van der Waals surface area contributed by atoms with Gasteiger partial charge in [-0.3, -0.25) is 0 Å². The van der Waals surface area contributed by atoms with Gasteiger partial charge < -0.3 is 10.6 Å². The monoisotopic (exact) mass is 284 g/mol. The molecule has 0 heterocycles. The highest BCUT2D eigenvalue weighted by Gasteiger charge is 2.16. The van der Waals surface area contributed by atoms with Gasteiger partial charge in [0.25, 0.3) is 0 Å². The summed E-state index contributed by atoms with van der Waals surface area (Å²) >= 11 is 3.57. The molecule has 0 aliphatic carbocycles. The highest BCUT2D eigenvalue weighted by Crippen LogP contribution is 2.31. The number of nitrogen functional groups attached to an aromatic ring is 1. The van der Waals surface area contributed by atoms with Crippen LogP contribution in [0.3, 0.4) is 0 Å². The van der Waals surface area contributed by atoms with Crippen LogP contribution in [0.25, 0.3) is 0 Å². The van der Waals surface area contributed by atoms with Crippen molar-refractivity contribution in [1.29, 1.82) is 0 Å². The molecule has 0 saturated heterocycles. The van der Waals surface area contributed by atoms with E-state index in [-0.39, 0.29) is 5.41 Å². The van der Waals surface area contributed by atoms with Crippen molar-refractivity contribution in [2.75, 3.05) is 24.2 Å². The Labute approximate surface area is 107 Å². The van der Waals surface area contributed by atoms with Crippen LogP contribution in [-0.4, -0.2) is 13.6 Å². The van der Waals surface area contributed by atoms with E-state index in [2.05, 4.69) is 54.7 Å². The second-order valence-corrected chi connectivity index (χ2v) is 6.43. The predicted octanol–water partition coefficient (Wildman–Crippen LogP) is 3.82. The molecule has 0 saturated carbocycles. The maximum atomic E-state index is 5.87. The molecule has 0 aromatic heterocycles. The molecular formula is C13H21BrN2. The average molecular weight is 285 g/mol. The Hall–Kier alpha value is -0.700. The molecule has 0 spiro atoms. The number of nitrogens with two attached hydrogens (primary N) is 1. The lowest BCUT2D eigenvalue weighted by Gasteiger charge is -2.29. The first kappa shape index (κ1) is 13.4. The molecule has 1 aromatic rings. The first-order valence-electron chi connectivity index (χ1n) is 5.47. The summed E-state index contributed by atoms with van der Waals surface area (Å²) in [5, 5.41) is 0. The molecule has 0 radical (unpaired) electrons. The number of halogens is 1. The van der Waals surface area contributed by atoms with Crippen LogP contribution in [-0.2, 0) is 0 Å². The van der Waals surface area contributed by atoms with E-state index in [0.717, 1.165) is 22.3 Å². The van der Waals surface area contributed by atoms with E-state index in [1.807, 2.05) is 13.0 Å². The maximum Gasteiger partial charge on any atom is 0.0512 e. The molecule has 2 N–H and O–H groups in total. The summed E-state index contributed by atoms with van der Waals surface area (Å²) in [7, 11) is 2.11. The smallest absolute Gasteiger partial charge is 0.0512 e. The first-order valence-corrected chi connectivity index (χ1v) is 6.27. The van der Waals surface area contributed by atoms with Crippen LogP contribution in [0.4, 0.5) is 11.4 Å².